The van der Waals surface area contributed by atoms with Crippen molar-refractivity contribution < 1.29 is 4.79 Å². The molecule has 0 radical (unpaired) electrons. The van der Waals surface area contributed by atoms with Gasteiger partial charge in [-0.2, -0.15) is 5.10 Å². The highest BCUT2D eigenvalue weighted by Crippen LogP contribution is 2.10. The van der Waals surface area contributed by atoms with E-state index in [1.165, 1.54) is 0 Å². The zero-order valence-electron chi connectivity index (χ0n) is 10.0. The fourth-order valence-corrected chi connectivity index (χ4v) is 2.08. The van der Waals surface area contributed by atoms with E-state index in [1.807, 2.05) is 24.3 Å². The lowest BCUT2D eigenvalue weighted by molar-refractivity contribution is 0.0956. The Hall–Kier alpha value is -1.89. The highest BCUT2D eigenvalue weighted by Gasteiger charge is 2.06. The van der Waals surface area contributed by atoms with Crippen LogP contribution >= 0.6 is 22.6 Å². The van der Waals surface area contributed by atoms with Crippen LogP contribution in [0.2, 0.25) is 0 Å². The van der Waals surface area contributed by atoms with Gasteiger partial charge in [-0.3, -0.25) is 4.79 Å². The topological polar surface area (TPSA) is 67.5 Å². The van der Waals surface area contributed by atoms with Crippen LogP contribution in [0.1, 0.15) is 15.9 Å². The summed E-state index contributed by atoms with van der Waals surface area (Å²) in [6.45, 7) is 0. The molecule has 19 heavy (non-hydrogen) atoms. The fourth-order valence-electron chi connectivity index (χ4n) is 1.52. The summed E-state index contributed by atoms with van der Waals surface area (Å²) in [4.78, 5) is 11.8. The Morgan fingerprint density at radius 1 is 1.21 bits per heavy atom. The third-order valence-electron chi connectivity index (χ3n) is 2.43. The van der Waals surface area contributed by atoms with Crippen molar-refractivity contribution in [2.24, 2.45) is 5.10 Å². The molecule has 3 N–H and O–H groups in total. The van der Waals surface area contributed by atoms with Crippen molar-refractivity contribution >= 4 is 40.4 Å². The first-order valence-electron chi connectivity index (χ1n) is 5.60. The number of nitrogens with one attached hydrogen (secondary N) is 1. The summed E-state index contributed by atoms with van der Waals surface area (Å²) in [5, 5.41) is 3.92. The maximum absolute atomic E-state index is 11.8. The molecule has 0 fully saturated rings. The number of carbonyl (C=O) groups is 1. The molecule has 4 nitrogen and oxygen atoms in total. The van der Waals surface area contributed by atoms with E-state index in [2.05, 4.69) is 33.1 Å². The summed E-state index contributed by atoms with van der Waals surface area (Å²) in [7, 11) is 0. The quantitative estimate of drug-likeness (QED) is 0.380. The van der Waals surface area contributed by atoms with Crippen molar-refractivity contribution in [1.29, 1.82) is 0 Å². The van der Waals surface area contributed by atoms with Gasteiger partial charge in [-0.1, -0.05) is 24.3 Å². The lowest BCUT2D eigenvalue weighted by atomic mass is 10.2. The molecule has 1 amide bonds. The molecule has 0 saturated carbocycles. The molecule has 2 aromatic rings. The number of benzene rings is 2. The predicted molar refractivity (Wildman–Crippen MR) is 85.1 cm³/mol. The minimum Gasteiger partial charge on any atom is -0.398 e. The second kappa shape index (κ2) is 6.33. The molecular weight excluding hydrogens is 353 g/mol. The fraction of sp³-hybridized carbons (Fsp3) is 0. The number of hydrogen-bond donors (Lipinski definition) is 2. The zero-order valence-corrected chi connectivity index (χ0v) is 12.2. The van der Waals surface area contributed by atoms with Crippen molar-refractivity contribution in [2.75, 3.05) is 5.73 Å². The second-order valence-corrected chi connectivity index (χ2v) is 5.09. The highest BCUT2D eigenvalue weighted by molar-refractivity contribution is 14.1. The van der Waals surface area contributed by atoms with E-state index >= 15 is 0 Å². The summed E-state index contributed by atoms with van der Waals surface area (Å²) in [6, 6.07) is 14.7. The van der Waals surface area contributed by atoms with Crippen molar-refractivity contribution in [3.63, 3.8) is 0 Å². The van der Waals surface area contributed by atoms with Crippen LogP contribution in [0, 0.1) is 3.57 Å². The standard InChI is InChI=1S/C14H12IN3O/c15-11-5-3-4-10(8-11)9-17-18-14(19)12-6-1-2-7-13(12)16/h1-9H,16H2,(H,18,19). The summed E-state index contributed by atoms with van der Waals surface area (Å²) >= 11 is 2.22. The van der Waals surface area contributed by atoms with Crippen LogP contribution in [-0.2, 0) is 0 Å². The molecule has 0 aliphatic rings. The molecule has 0 aliphatic carbocycles. The molecule has 0 saturated heterocycles. The molecule has 0 spiro atoms. The lowest BCUT2D eigenvalue weighted by Crippen LogP contribution is -2.18. The van der Waals surface area contributed by atoms with Crippen molar-refractivity contribution in [1.82, 2.24) is 5.43 Å². The number of anilines is 1. The number of carbonyl (C=O) groups excluding carboxylic acids is 1. The minimum absolute atomic E-state index is 0.319. The van der Waals surface area contributed by atoms with Gasteiger partial charge in [-0.25, -0.2) is 5.43 Å². The highest BCUT2D eigenvalue weighted by atomic mass is 127. The summed E-state index contributed by atoms with van der Waals surface area (Å²) in [6.07, 6.45) is 1.60. The second-order valence-electron chi connectivity index (χ2n) is 3.84. The number of para-hydroxylation sites is 1. The SMILES string of the molecule is Nc1ccccc1C(=O)NN=Cc1cccc(I)c1. The van der Waals surface area contributed by atoms with Crippen molar-refractivity contribution in [3.05, 3.63) is 63.2 Å². The number of amides is 1. The van der Waals surface area contributed by atoms with Gasteiger partial charge in [0.15, 0.2) is 0 Å². The number of nitrogen functional groups attached to an aromatic ring is 1. The Morgan fingerprint density at radius 3 is 2.74 bits per heavy atom. The van der Waals surface area contributed by atoms with Gasteiger partial charge in [-0.05, 0) is 52.4 Å². The van der Waals surface area contributed by atoms with Gasteiger partial charge in [0, 0.05) is 9.26 Å². The maximum Gasteiger partial charge on any atom is 0.273 e. The Kier molecular flexibility index (Phi) is 4.51. The van der Waals surface area contributed by atoms with Crippen LogP contribution in [0.5, 0.6) is 0 Å². The minimum atomic E-state index is -0.319. The summed E-state index contributed by atoms with van der Waals surface area (Å²) in [5.74, 6) is -0.319. The van der Waals surface area contributed by atoms with E-state index in [0.717, 1.165) is 9.13 Å². The Balaban J connectivity index is 2.03. The average molecular weight is 365 g/mol. The molecule has 0 aromatic heterocycles. The van der Waals surface area contributed by atoms with Gasteiger partial charge >= 0.3 is 0 Å². The van der Waals surface area contributed by atoms with Crippen molar-refractivity contribution in [2.45, 2.75) is 0 Å². The molecule has 2 aromatic carbocycles. The first-order valence-corrected chi connectivity index (χ1v) is 6.68. The van der Waals surface area contributed by atoms with E-state index < -0.39 is 0 Å². The van der Waals surface area contributed by atoms with E-state index in [1.54, 1.807) is 30.5 Å². The van der Waals surface area contributed by atoms with Gasteiger partial charge in [-0.15, -0.1) is 0 Å². The molecular formula is C14H12IN3O. The molecule has 0 heterocycles. The monoisotopic (exact) mass is 365 g/mol. The lowest BCUT2D eigenvalue weighted by Gasteiger charge is -2.02. The van der Waals surface area contributed by atoms with Gasteiger partial charge in [0.1, 0.15) is 0 Å². The van der Waals surface area contributed by atoms with Gasteiger partial charge in [0.2, 0.25) is 0 Å². The number of nitrogens with two attached hydrogens (primary N) is 1. The summed E-state index contributed by atoms with van der Waals surface area (Å²) < 4.78 is 1.11. The molecule has 2 rings (SSSR count). The molecule has 0 unspecified atom stereocenters. The predicted octanol–water partition coefficient (Wildman–Crippen LogP) is 2.64. The number of hydrazone groups is 1. The van der Waals surface area contributed by atoms with Crippen LogP contribution in [0.4, 0.5) is 5.69 Å². The number of nitrogens with zero attached hydrogens (tertiary/aromatic N) is 1. The first kappa shape index (κ1) is 13.5. The smallest absolute Gasteiger partial charge is 0.273 e. The van der Waals surface area contributed by atoms with Crippen LogP contribution in [0.3, 0.4) is 0 Å². The Bertz CT molecular complexity index is 626. The van der Waals surface area contributed by atoms with Gasteiger partial charge in [0.05, 0.1) is 11.8 Å². The summed E-state index contributed by atoms with van der Waals surface area (Å²) in [5.41, 5.74) is 9.94. The third kappa shape index (κ3) is 3.78. The van der Waals surface area contributed by atoms with Crippen molar-refractivity contribution in [3.8, 4) is 0 Å². The maximum atomic E-state index is 11.8. The average Bonchev–Trinajstić information content (AvgIpc) is 2.39. The van der Waals surface area contributed by atoms with E-state index in [-0.39, 0.29) is 5.91 Å². The Labute approximate surface area is 124 Å². The molecule has 0 aliphatic heterocycles. The van der Waals surface area contributed by atoms with E-state index in [4.69, 9.17) is 5.73 Å². The van der Waals surface area contributed by atoms with E-state index in [9.17, 15) is 4.79 Å². The normalized spacial score (nSPS) is 10.6. The first-order chi connectivity index (χ1) is 9.16. The number of rotatable bonds is 3. The molecule has 0 atom stereocenters. The molecule has 5 heteroatoms. The molecule has 0 bridgehead atoms. The van der Waals surface area contributed by atoms with Crippen LogP contribution in [0.15, 0.2) is 53.6 Å². The Morgan fingerprint density at radius 2 is 2.00 bits per heavy atom. The van der Waals surface area contributed by atoms with Gasteiger partial charge < -0.3 is 5.73 Å². The number of halogens is 1. The van der Waals surface area contributed by atoms with Gasteiger partial charge in [0.25, 0.3) is 5.91 Å². The van der Waals surface area contributed by atoms with Crippen LogP contribution < -0.4 is 11.2 Å². The third-order valence-corrected chi connectivity index (χ3v) is 3.10. The van der Waals surface area contributed by atoms with Crippen LogP contribution in [0.25, 0.3) is 0 Å². The number of hydrogen-bond acceptors (Lipinski definition) is 3. The van der Waals surface area contributed by atoms with E-state index in [0.29, 0.717) is 11.3 Å². The zero-order chi connectivity index (χ0) is 13.7. The molecule has 96 valence electrons. The van der Waals surface area contributed by atoms with Crippen LogP contribution in [-0.4, -0.2) is 12.1 Å². The largest absolute Gasteiger partial charge is 0.398 e.